The summed E-state index contributed by atoms with van der Waals surface area (Å²) in [5, 5.41) is 3.41. The van der Waals surface area contributed by atoms with Crippen molar-refractivity contribution in [2.24, 2.45) is 5.41 Å². The van der Waals surface area contributed by atoms with Crippen LogP contribution in [-0.4, -0.2) is 13.6 Å². The zero-order chi connectivity index (χ0) is 13.4. The third kappa shape index (κ3) is 4.40. The molecule has 18 heavy (non-hydrogen) atoms. The molecule has 0 spiro atoms. The third-order valence-corrected chi connectivity index (χ3v) is 5.21. The largest absolute Gasteiger partial charge is 0.319 e. The van der Waals surface area contributed by atoms with Crippen LogP contribution < -0.4 is 5.32 Å². The van der Waals surface area contributed by atoms with Crippen molar-refractivity contribution in [3.05, 3.63) is 21.9 Å². The molecule has 0 saturated heterocycles. The lowest BCUT2D eigenvalue weighted by molar-refractivity contribution is 0.236. The second-order valence-electron chi connectivity index (χ2n) is 5.39. The van der Waals surface area contributed by atoms with Crippen molar-refractivity contribution < 1.29 is 0 Å². The minimum Gasteiger partial charge on any atom is -0.319 e. The highest BCUT2D eigenvalue weighted by Crippen LogP contribution is 2.34. The van der Waals surface area contributed by atoms with Crippen molar-refractivity contribution in [2.75, 3.05) is 13.6 Å². The van der Waals surface area contributed by atoms with Crippen LogP contribution in [-0.2, 0) is 12.8 Å². The van der Waals surface area contributed by atoms with Crippen molar-refractivity contribution >= 4 is 11.3 Å². The van der Waals surface area contributed by atoms with E-state index in [9.17, 15) is 0 Å². The number of nitrogens with one attached hydrogen (secondary N) is 1. The van der Waals surface area contributed by atoms with E-state index in [-0.39, 0.29) is 0 Å². The number of rotatable bonds is 9. The van der Waals surface area contributed by atoms with E-state index < -0.39 is 0 Å². The van der Waals surface area contributed by atoms with Gasteiger partial charge in [-0.2, -0.15) is 0 Å². The van der Waals surface area contributed by atoms with E-state index in [0.717, 1.165) is 6.54 Å². The Labute approximate surface area is 117 Å². The highest BCUT2D eigenvalue weighted by molar-refractivity contribution is 7.11. The van der Waals surface area contributed by atoms with Crippen LogP contribution in [0.3, 0.4) is 0 Å². The minimum absolute atomic E-state index is 0.459. The first kappa shape index (κ1) is 15.7. The van der Waals surface area contributed by atoms with Gasteiger partial charge in [-0.1, -0.05) is 33.6 Å². The maximum atomic E-state index is 3.41. The van der Waals surface area contributed by atoms with Gasteiger partial charge in [0.25, 0.3) is 0 Å². The van der Waals surface area contributed by atoms with Crippen molar-refractivity contribution in [3.8, 4) is 0 Å². The molecule has 0 saturated carbocycles. The molecule has 0 aliphatic rings. The molecule has 0 aromatic carbocycles. The molecule has 1 aromatic rings. The third-order valence-electron chi connectivity index (χ3n) is 3.98. The minimum atomic E-state index is 0.459. The summed E-state index contributed by atoms with van der Waals surface area (Å²) in [7, 11) is 2.09. The fourth-order valence-corrected chi connectivity index (χ4v) is 3.80. The number of aryl methyl sites for hydroxylation is 1. The van der Waals surface area contributed by atoms with Crippen molar-refractivity contribution in [1.82, 2.24) is 5.32 Å². The van der Waals surface area contributed by atoms with Crippen LogP contribution in [0.15, 0.2) is 12.1 Å². The molecule has 1 rings (SSSR count). The van der Waals surface area contributed by atoms with Gasteiger partial charge in [0.2, 0.25) is 0 Å². The first-order valence-corrected chi connectivity index (χ1v) is 8.23. The van der Waals surface area contributed by atoms with Crippen molar-refractivity contribution in [3.63, 3.8) is 0 Å². The van der Waals surface area contributed by atoms with Crippen LogP contribution in [0.4, 0.5) is 0 Å². The van der Waals surface area contributed by atoms with E-state index in [2.05, 4.69) is 45.3 Å². The fourth-order valence-electron chi connectivity index (χ4n) is 2.67. The highest BCUT2D eigenvalue weighted by Gasteiger charge is 2.27. The molecule has 0 bridgehead atoms. The van der Waals surface area contributed by atoms with Crippen LogP contribution in [0.2, 0.25) is 0 Å². The topological polar surface area (TPSA) is 12.0 Å². The van der Waals surface area contributed by atoms with Gasteiger partial charge in [-0.05, 0) is 50.3 Å². The Morgan fingerprint density at radius 3 is 2.39 bits per heavy atom. The van der Waals surface area contributed by atoms with E-state index in [1.54, 1.807) is 4.88 Å². The first-order chi connectivity index (χ1) is 8.69. The monoisotopic (exact) mass is 267 g/mol. The van der Waals surface area contributed by atoms with Gasteiger partial charge < -0.3 is 5.32 Å². The Balaban J connectivity index is 2.74. The van der Waals surface area contributed by atoms with Crippen LogP contribution in [0.25, 0.3) is 0 Å². The molecule has 1 aromatic heterocycles. The molecule has 1 nitrogen and oxygen atoms in total. The van der Waals surface area contributed by atoms with Crippen LogP contribution in [0.1, 0.15) is 56.2 Å². The summed E-state index contributed by atoms with van der Waals surface area (Å²) in [6.07, 6.45) is 7.69. The summed E-state index contributed by atoms with van der Waals surface area (Å²) in [5.74, 6) is 0. The fraction of sp³-hybridized carbons (Fsp3) is 0.750. The van der Waals surface area contributed by atoms with Gasteiger partial charge in [0.15, 0.2) is 0 Å². The number of hydrogen-bond donors (Lipinski definition) is 1. The first-order valence-electron chi connectivity index (χ1n) is 7.42. The molecule has 0 aliphatic heterocycles. The van der Waals surface area contributed by atoms with Crippen LogP contribution in [0, 0.1) is 5.41 Å². The summed E-state index contributed by atoms with van der Waals surface area (Å²) >= 11 is 2.01. The summed E-state index contributed by atoms with van der Waals surface area (Å²) in [6, 6.07) is 4.65. The molecule has 1 unspecified atom stereocenters. The number of unbranched alkanes of at least 4 members (excludes halogenated alkanes) is 1. The molecular formula is C16H29NS. The van der Waals surface area contributed by atoms with Gasteiger partial charge in [0.05, 0.1) is 0 Å². The van der Waals surface area contributed by atoms with E-state index in [4.69, 9.17) is 0 Å². The summed E-state index contributed by atoms with van der Waals surface area (Å²) < 4.78 is 0. The Kier molecular flexibility index (Phi) is 6.95. The number of hydrogen-bond acceptors (Lipinski definition) is 2. The molecule has 1 heterocycles. The second-order valence-corrected chi connectivity index (χ2v) is 6.64. The van der Waals surface area contributed by atoms with Gasteiger partial charge in [-0.15, -0.1) is 11.3 Å². The molecule has 0 radical (unpaired) electrons. The predicted molar refractivity (Wildman–Crippen MR) is 83.6 cm³/mol. The molecule has 0 aliphatic carbocycles. The maximum Gasteiger partial charge on any atom is 0.00541 e. The average Bonchev–Trinajstić information content (AvgIpc) is 2.83. The van der Waals surface area contributed by atoms with Crippen LogP contribution in [0.5, 0.6) is 0 Å². The Morgan fingerprint density at radius 2 is 1.89 bits per heavy atom. The zero-order valence-corrected chi connectivity index (χ0v) is 13.3. The lowest BCUT2D eigenvalue weighted by atomic mass is 9.77. The summed E-state index contributed by atoms with van der Waals surface area (Å²) in [5.41, 5.74) is 0.459. The summed E-state index contributed by atoms with van der Waals surface area (Å²) in [6.45, 7) is 8.03. The van der Waals surface area contributed by atoms with Crippen LogP contribution >= 0.6 is 11.3 Å². The van der Waals surface area contributed by atoms with Gasteiger partial charge in [0, 0.05) is 16.3 Å². The van der Waals surface area contributed by atoms with Gasteiger partial charge in [0.1, 0.15) is 0 Å². The SMILES string of the molecule is CCCCC(CC)(CNC)Cc1ccc(CC)s1. The van der Waals surface area contributed by atoms with Gasteiger partial charge in [-0.25, -0.2) is 0 Å². The lowest BCUT2D eigenvalue weighted by Gasteiger charge is -2.32. The molecule has 104 valence electrons. The second kappa shape index (κ2) is 7.96. The molecule has 2 heteroatoms. The maximum absolute atomic E-state index is 3.41. The quantitative estimate of drug-likeness (QED) is 0.686. The predicted octanol–water partition coefficient (Wildman–Crippen LogP) is 4.66. The standard InChI is InChI=1S/C16H29NS/c1-5-8-11-16(7-3,13-17-4)12-15-10-9-14(6-2)18-15/h9-10,17H,5-8,11-13H2,1-4H3. The molecule has 0 amide bonds. The lowest BCUT2D eigenvalue weighted by Crippen LogP contribution is -2.34. The van der Waals surface area contributed by atoms with E-state index in [1.165, 1.54) is 43.4 Å². The number of thiophene rings is 1. The van der Waals surface area contributed by atoms with E-state index in [0.29, 0.717) is 5.41 Å². The summed E-state index contributed by atoms with van der Waals surface area (Å²) in [4.78, 5) is 3.09. The normalized spacial score (nSPS) is 14.7. The van der Waals surface area contributed by atoms with Crippen molar-refractivity contribution in [2.45, 2.75) is 59.3 Å². The van der Waals surface area contributed by atoms with Gasteiger partial charge in [-0.3, -0.25) is 0 Å². The van der Waals surface area contributed by atoms with Crippen molar-refractivity contribution in [1.29, 1.82) is 0 Å². The smallest absolute Gasteiger partial charge is 0.00541 e. The molecule has 1 N–H and O–H groups in total. The van der Waals surface area contributed by atoms with E-state index in [1.807, 2.05) is 11.3 Å². The Hall–Kier alpha value is -0.340. The van der Waals surface area contributed by atoms with Gasteiger partial charge >= 0.3 is 0 Å². The molecule has 0 fully saturated rings. The van der Waals surface area contributed by atoms with E-state index >= 15 is 0 Å². The Morgan fingerprint density at radius 1 is 1.17 bits per heavy atom. The Bertz CT molecular complexity index is 332. The highest BCUT2D eigenvalue weighted by atomic mass is 32.1. The zero-order valence-electron chi connectivity index (χ0n) is 12.5. The molecule has 1 atom stereocenters. The average molecular weight is 267 g/mol. The molecular weight excluding hydrogens is 238 g/mol.